The average Bonchev–Trinajstić information content (AvgIpc) is 2.54. The number of rotatable bonds is 6. The number of nitrogens with one attached hydrogen (secondary N) is 1. The second kappa shape index (κ2) is 7.68. The van der Waals surface area contributed by atoms with Crippen LogP contribution < -0.4 is 5.32 Å². The molecule has 0 unspecified atom stereocenters. The van der Waals surface area contributed by atoms with E-state index in [4.69, 9.17) is 0 Å². The Morgan fingerprint density at radius 2 is 1.81 bits per heavy atom. The standard InChI is InChI=1S/C14H17N3O3S/c18-10-15-12-1-3-13(4-2-12)21-9-14(20)17-7-5-16(11-19)6-8-17/h1-4,10-11H,5-9H2,(H,15,18). The molecule has 0 radical (unpaired) electrons. The number of carbonyl (C=O) groups is 3. The number of amides is 3. The van der Waals surface area contributed by atoms with Crippen molar-refractivity contribution in [3.05, 3.63) is 24.3 Å². The molecule has 0 saturated carbocycles. The van der Waals surface area contributed by atoms with Crippen LogP contribution in [0.5, 0.6) is 0 Å². The maximum Gasteiger partial charge on any atom is 0.233 e. The van der Waals surface area contributed by atoms with E-state index in [2.05, 4.69) is 5.32 Å². The first-order valence-electron chi connectivity index (χ1n) is 6.63. The van der Waals surface area contributed by atoms with Gasteiger partial charge in [-0.3, -0.25) is 14.4 Å². The average molecular weight is 307 g/mol. The van der Waals surface area contributed by atoms with Gasteiger partial charge in [0.05, 0.1) is 5.75 Å². The van der Waals surface area contributed by atoms with E-state index < -0.39 is 0 Å². The summed E-state index contributed by atoms with van der Waals surface area (Å²) in [5.74, 6) is 0.460. The van der Waals surface area contributed by atoms with Crippen molar-refractivity contribution in [2.45, 2.75) is 4.90 Å². The molecule has 1 N–H and O–H groups in total. The molecule has 21 heavy (non-hydrogen) atoms. The van der Waals surface area contributed by atoms with E-state index in [1.54, 1.807) is 21.9 Å². The van der Waals surface area contributed by atoms with Gasteiger partial charge in [0.25, 0.3) is 0 Å². The lowest BCUT2D eigenvalue weighted by Crippen LogP contribution is -2.48. The van der Waals surface area contributed by atoms with Crippen molar-refractivity contribution in [1.29, 1.82) is 0 Å². The summed E-state index contributed by atoms with van der Waals surface area (Å²) in [6.45, 7) is 2.40. The molecular weight excluding hydrogens is 290 g/mol. The number of anilines is 1. The molecule has 0 aromatic heterocycles. The highest BCUT2D eigenvalue weighted by Crippen LogP contribution is 2.20. The minimum Gasteiger partial charge on any atom is -0.342 e. The van der Waals surface area contributed by atoms with Crippen LogP contribution in [0, 0.1) is 0 Å². The fourth-order valence-electron chi connectivity index (χ4n) is 2.03. The Morgan fingerprint density at radius 1 is 1.14 bits per heavy atom. The van der Waals surface area contributed by atoms with E-state index in [1.165, 1.54) is 11.8 Å². The predicted octanol–water partition coefficient (Wildman–Crippen LogP) is 0.648. The first kappa shape index (κ1) is 15.4. The summed E-state index contributed by atoms with van der Waals surface area (Å²) in [7, 11) is 0. The molecule has 112 valence electrons. The third-order valence-electron chi connectivity index (χ3n) is 3.26. The lowest BCUT2D eigenvalue weighted by Gasteiger charge is -2.32. The van der Waals surface area contributed by atoms with Gasteiger partial charge >= 0.3 is 0 Å². The van der Waals surface area contributed by atoms with E-state index in [-0.39, 0.29) is 5.91 Å². The number of hydrogen-bond donors (Lipinski definition) is 1. The fourth-order valence-corrected chi connectivity index (χ4v) is 2.83. The minimum atomic E-state index is 0.0839. The molecule has 0 aliphatic carbocycles. The van der Waals surface area contributed by atoms with Gasteiger partial charge in [0.2, 0.25) is 18.7 Å². The number of nitrogens with zero attached hydrogens (tertiary/aromatic N) is 2. The highest BCUT2D eigenvalue weighted by molar-refractivity contribution is 8.00. The van der Waals surface area contributed by atoms with Gasteiger partial charge in [0.1, 0.15) is 0 Å². The van der Waals surface area contributed by atoms with Gasteiger partial charge in [-0.2, -0.15) is 0 Å². The zero-order valence-electron chi connectivity index (χ0n) is 11.5. The van der Waals surface area contributed by atoms with Crippen molar-refractivity contribution in [2.75, 3.05) is 37.2 Å². The van der Waals surface area contributed by atoms with Gasteiger partial charge in [-0.15, -0.1) is 11.8 Å². The van der Waals surface area contributed by atoms with Crippen LogP contribution in [0.2, 0.25) is 0 Å². The second-order valence-corrected chi connectivity index (χ2v) is 5.65. The lowest BCUT2D eigenvalue weighted by atomic mass is 10.3. The Bertz CT molecular complexity index is 499. The highest BCUT2D eigenvalue weighted by atomic mass is 32.2. The Hall–Kier alpha value is -2.02. The van der Waals surface area contributed by atoms with Gasteiger partial charge in [-0.05, 0) is 24.3 Å². The van der Waals surface area contributed by atoms with Crippen molar-refractivity contribution < 1.29 is 14.4 Å². The summed E-state index contributed by atoms with van der Waals surface area (Å²) >= 11 is 1.47. The van der Waals surface area contributed by atoms with Gasteiger partial charge in [-0.1, -0.05) is 0 Å². The van der Waals surface area contributed by atoms with Crippen LogP contribution in [0.25, 0.3) is 0 Å². The van der Waals surface area contributed by atoms with Crippen LogP contribution in [0.15, 0.2) is 29.2 Å². The normalized spacial score (nSPS) is 14.7. The van der Waals surface area contributed by atoms with Crippen LogP contribution in [-0.2, 0) is 14.4 Å². The zero-order chi connectivity index (χ0) is 15.1. The van der Waals surface area contributed by atoms with Crippen LogP contribution in [-0.4, -0.2) is 60.5 Å². The molecule has 1 aliphatic rings. The van der Waals surface area contributed by atoms with Crippen molar-refractivity contribution in [1.82, 2.24) is 9.80 Å². The number of piperazine rings is 1. The molecule has 3 amide bonds. The van der Waals surface area contributed by atoms with Crippen molar-refractivity contribution in [3.8, 4) is 0 Å². The third-order valence-corrected chi connectivity index (χ3v) is 4.26. The first-order chi connectivity index (χ1) is 10.2. The summed E-state index contributed by atoms with van der Waals surface area (Å²) < 4.78 is 0. The summed E-state index contributed by atoms with van der Waals surface area (Å²) in [5, 5.41) is 2.56. The molecule has 1 aromatic carbocycles. The van der Waals surface area contributed by atoms with Crippen LogP contribution >= 0.6 is 11.8 Å². The quantitative estimate of drug-likeness (QED) is 0.619. The SMILES string of the molecule is O=CNc1ccc(SCC(=O)N2CCN(C=O)CC2)cc1. The minimum absolute atomic E-state index is 0.0839. The van der Waals surface area contributed by atoms with Gasteiger partial charge in [0.15, 0.2) is 0 Å². The Kier molecular flexibility index (Phi) is 5.62. The topological polar surface area (TPSA) is 69.7 Å². The molecule has 6 nitrogen and oxygen atoms in total. The number of benzene rings is 1. The molecule has 7 heteroatoms. The van der Waals surface area contributed by atoms with E-state index >= 15 is 0 Å². The number of hydrogen-bond acceptors (Lipinski definition) is 4. The first-order valence-corrected chi connectivity index (χ1v) is 7.61. The molecular formula is C14H17N3O3S. The highest BCUT2D eigenvalue weighted by Gasteiger charge is 2.19. The lowest BCUT2D eigenvalue weighted by molar-refractivity contribution is -0.132. The maximum absolute atomic E-state index is 12.1. The predicted molar refractivity (Wildman–Crippen MR) is 81.1 cm³/mol. The summed E-state index contributed by atoms with van der Waals surface area (Å²) in [6.07, 6.45) is 1.45. The van der Waals surface area contributed by atoms with Crippen LogP contribution in [0.4, 0.5) is 5.69 Å². The van der Waals surface area contributed by atoms with Gasteiger partial charge in [0, 0.05) is 36.8 Å². The van der Waals surface area contributed by atoms with Crippen LogP contribution in [0.3, 0.4) is 0 Å². The Morgan fingerprint density at radius 3 is 2.38 bits per heavy atom. The molecule has 0 atom stereocenters. The Balaban J connectivity index is 1.78. The van der Waals surface area contributed by atoms with E-state index in [0.29, 0.717) is 38.3 Å². The summed E-state index contributed by atoms with van der Waals surface area (Å²) in [4.78, 5) is 37.4. The van der Waals surface area contributed by atoms with E-state index in [9.17, 15) is 14.4 Å². The van der Waals surface area contributed by atoms with Crippen LogP contribution in [0.1, 0.15) is 0 Å². The van der Waals surface area contributed by atoms with Gasteiger partial charge in [-0.25, -0.2) is 0 Å². The van der Waals surface area contributed by atoms with Crippen molar-refractivity contribution in [2.24, 2.45) is 0 Å². The maximum atomic E-state index is 12.1. The monoisotopic (exact) mass is 307 g/mol. The van der Waals surface area contributed by atoms with E-state index in [0.717, 1.165) is 17.0 Å². The third kappa shape index (κ3) is 4.49. The Labute approximate surface area is 127 Å². The van der Waals surface area contributed by atoms with E-state index in [1.807, 2.05) is 12.1 Å². The largest absolute Gasteiger partial charge is 0.342 e. The zero-order valence-corrected chi connectivity index (χ0v) is 12.3. The summed E-state index contributed by atoms with van der Waals surface area (Å²) in [5.41, 5.74) is 0.727. The fraction of sp³-hybridized carbons (Fsp3) is 0.357. The smallest absolute Gasteiger partial charge is 0.233 e. The second-order valence-electron chi connectivity index (χ2n) is 4.60. The molecule has 1 aromatic rings. The number of thioether (sulfide) groups is 1. The molecule has 1 heterocycles. The summed E-state index contributed by atoms with van der Waals surface area (Å²) in [6, 6.07) is 7.33. The molecule has 2 rings (SSSR count). The van der Waals surface area contributed by atoms with Gasteiger partial charge < -0.3 is 15.1 Å². The molecule has 0 bridgehead atoms. The molecule has 0 spiro atoms. The molecule has 1 saturated heterocycles. The molecule has 1 aliphatic heterocycles. The molecule has 1 fully saturated rings. The van der Waals surface area contributed by atoms with Crippen molar-refractivity contribution >= 4 is 36.2 Å². The number of carbonyl (C=O) groups excluding carboxylic acids is 3. The van der Waals surface area contributed by atoms with Crippen molar-refractivity contribution in [3.63, 3.8) is 0 Å².